The average molecular weight is 248 g/mol. The van der Waals surface area contributed by atoms with Crippen LogP contribution in [0.2, 0.25) is 0 Å². The molecule has 18 heavy (non-hydrogen) atoms. The fourth-order valence-corrected chi connectivity index (χ4v) is 2.25. The molecule has 1 aliphatic rings. The van der Waals surface area contributed by atoms with Gasteiger partial charge in [0.15, 0.2) is 0 Å². The standard InChI is InChI=1S/C15H24N2O/c1-3-4-11-18-14-7-5-13(6-8-14)15-12-17(2)10-9-16-15/h5-8,15-16H,3-4,9-12H2,1-2H3. The van der Waals surface area contributed by atoms with Crippen LogP contribution in [0.5, 0.6) is 5.75 Å². The molecule has 1 N–H and O–H groups in total. The van der Waals surface area contributed by atoms with Crippen LogP contribution in [0.15, 0.2) is 24.3 Å². The van der Waals surface area contributed by atoms with Crippen LogP contribution in [0.25, 0.3) is 0 Å². The van der Waals surface area contributed by atoms with Crippen molar-refractivity contribution in [3.8, 4) is 5.75 Å². The Morgan fingerprint density at radius 3 is 2.78 bits per heavy atom. The Morgan fingerprint density at radius 1 is 1.33 bits per heavy atom. The minimum Gasteiger partial charge on any atom is -0.494 e. The molecule has 1 aromatic carbocycles. The van der Waals surface area contributed by atoms with Gasteiger partial charge in [-0.15, -0.1) is 0 Å². The van der Waals surface area contributed by atoms with Gasteiger partial charge >= 0.3 is 0 Å². The molecule has 3 heteroatoms. The van der Waals surface area contributed by atoms with E-state index in [1.54, 1.807) is 0 Å². The molecular formula is C15H24N2O. The predicted molar refractivity (Wildman–Crippen MR) is 75.1 cm³/mol. The van der Waals surface area contributed by atoms with Crippen molar-refractivity contribution in [3.05, 3.63) is 29.8 Å². The number of likely N-dealkylation sites (N-methyl/N-ethyl adjacent to an activating group) is 1. The van der Waals surface area contributed by atoms with E-state index in [2.05, 4.69) is 48.5 Å². The first-order valence-electron chi connectivity index (χ1n) is 6.94. The zero-order valence-electron chi connectivity index (χ0n) is 11.5. The second-order valence-corrected chi connectivity index (χ2v) is 5.04. The average Bonchev–Trinajstić information content (AvgIpc) is 2.40. The Bertz CT molecular complexity index is 350. The van der Waals surface area contributed by atoms with Crippen LogP contribution in [0.3, 0.4) is 0 Å². The molecule has 2 rings (SSSR count). The van der Waals surface area contributed by atoms with Gasteiger partial charge in [-0.1, -0.05) is 25.5 Å². The van der Waals surface area contributed by atoms with E-state index in [0.717, 1.165) is 38.4 Å². The number of unbranched alkanes of at least 4 members (excludes halogenated alkanes) is 1. The molecule has 0 radical (unpaired) electrons. The molecule has 1 aromatic rings. The maximum atomic E-state index is 5.68. The van der Waals surface area contributed by atoms with Crippen molar-refractivity contribution in [3.63, 3.8) is 0 Å². The lowest BCUT2D eigenvalue weighted by atomic mass is 10.0. The smallest absolute Gasteiger partial charge is 0.119 e. The van der Waals surface area contributed by atoms with Crippen LogP contribution in [0.1, 0.15) is 31.4 Å². The quantitative estimate of drug-likeness (QED) is 0.810. The summed E-state index contributed by atoms with van der Waals surface area (Å²) in [6.45, 7) is 6.28. The maximum Gasteiger partial charge on any atom is 0.119 e. The van der Waals surface area contributed by atoms with Crippen LogP contribution in [0, 0.1) is 0 Å². The Kier molecular flexibility index (Phi) is 5.02. The zero-order chi connectivity index (χ0) is 12.8. The highest BCUT2D eigenvalue weighted by molar-refractivity contribution is 5.29. The van der Waals surface area contributed by atoms with Gasteiger partial charge in [0.2, 0.25) is 0 Å². The first-order valence-corrected chi connectivity index (χ1v) is 6.94. The summed E-state index contributed by atoms with van der Waals surface area (Å²) in [5.41, 5.74) is 1.35. The molecule has 0 saturated carbocycles. The van der Waals surface area contributed by atoms with Crippen LogP contribution in [0.4, 0.5) is 0 Å². The Labute approximate surface area is 110 Å². The first kappa shape index (κ1) is 13.4. The fourth-order valence-electron chi connectivity index (χ4n) is 2.25. The van der Waals surface area contributed by atoms with Crippen molar-refractivity contribution in [2.75, 3.05) is 33.3 Å². The molecule has 1 fully saturated rings. The highest BCUT2D eigenvalue weighted by Gasteiger charge is 2.17. The van der Waals surface area contributed by atoms with Crippen molar-refractivity contribution in [1.29, 1.82) is 0 Å². The van der Waals surface area contributed by atoms with Gasteiger partial charge in [0.05, 0.1) is 6.61 Å². The molecule has 1 saturated heterocycles. The Morgan fingerprint density at radius 2 is 2.11 bits per heavy atom. The van der Waals surface area contributed by atoms with Gasteiger partial charge in [0.1, 0.15) is 5.75 Å². The molecule has 0 aromatic heterocycles. The Balaban J connectivity index is 1.90. The molecule has 100 valence electrons. The molecule has 0 spiro atoms. The lowest BCUT2D eigenvalue weighted by molar-refractivity contribution is 0.240. The largest absolute Gasteiger partial charge is 0.494 e. The van der Waals surface area contributed by atoms with Crippen molar-refractivity contribution in [2.24, 2.45) is 0 Å². The molecule has 1 heterocycles. The van der Waals surface area contributed by atoms with Gasteiger partial charge in [-0.05, 0) is 31.2 Å². The summed E-state index contributed by atoms with van der Waals surface area (Å²) in [5, 5.41) is 3.56. The van der Waals surface area contributed by atoms with Gasteiger partial charge in [-0.25, -0.2) is 0 Å². The maximum absolute atomic E-state index is 5.68. The first-order chi connectivity index (χ1) is 8.79. The van der Waals surface area contributed by atoms with E-state index in [-0.39, 0.29) is 0 Å². The number of ether oxygens (including phenoxy) is 1. The van der Waals surface area contributed by atoms with E-state index in [1.807, 2.05) is 0 Å². The molecule has 0 bridgehead atoms. The van der Waals surface area contributed by atoms with Crippen molar-refractivity contribution < 1.29 is 4.74 Å². The van der Waals surface area contributed by atoms with E-state index >= 15 is 0 Å². The van der Waals surface area contributed by atoms with Gasteiger partial charge in [0.25, 0.3) is 0 Å². The zero-order valence-corrected chi connectivity index (χ0v) is 11.5. The lowest BCUT2D eigenvalue weighted by Gasteiger charge is -2.31. The molecule has 1 aliphatic heterocycles. The van der Waals surface area contributed by atoms with E-state index < -0.39 is 0 Å². The van der Waals surface area contributed by atoms with E-state index in [1.165, 1.54) is 12.0 Å². The molecule has 1 unspecified atom stereocenters. The molecule has 1 atom stereocenters. The SMILES string of the molecule is CCCCOc1ccc(C2CN(C)CCN2)cc1. The van der Waals surface area contributed by atoms with Crippen LogP contribution in [-0.4, -0.2) is 38.2 Å². The second kappa shape index (κ2) is 6.76. The second-order valence-electron chi connectivity index (χ2n) is 5.04. The summed E-state index contributed by atoms with van der Waals surface area (Å²) in [7, 11) is 2.18. The number of piperazine rings is 1. The third-order valence-electron chi connectivity index (χ3n) is 3.43. The number of rotatable bonds is 5. The topological polar surface area (TPSA) is 24.5 Å². The fraction of sp³-hybridized carbons (Fsp3) is 0.600. The van der Waals surface area contributed by atoms with Gasteiger partial charge in [0, 0.05) is 25.7 Å². The normalized spacial score (nSPS) is 20.9. The van der Waals surface area contributed by atoms with Crippen molar-refractivity contribution in [2.45, 2.75) is 25.8 Å². The van der Waals surface area contributed by atoms with Crippen LogP contribution >= 0.6 is 0 Å². The van der Waals surface area contributed by atoms with Crippen LogP contribution < -0.4 is 10.1 Å². The molecule has 0 aliphatic carbocycles. The third-order valence-corrected chi connectivity index (χ3v) is 3.43. The minimum atomic E-state index is 0.452. The summed E-state index contributed by atoms with van der Waals surface area (Å²) in [6.07, 6.45) is 2.30. The summed E-state index contributed by atoms with van der Waals surface area (Å²) in [4.78, 5) is 2.37. The van der Waals surface area contributed by atoms with E-state index in [4.69, 9.17) is 4.74 Å². The van der Waals surface area contributed by atoms with Gasteiger partial charge in [-0.3, -0.25) is 0 Å². The summed E-state index contributed by atoms with van der Waals surface area (Å²) in [6, 6.07) is 8.98. The number of hydrogen-bond acceptors (Lipinski definition) is 3. The van der Waals surface area contributed by atoms with Gasteiger partial charge in [-0.2, -0.15) is 0 Å². The van der Waals surface area contributed by atoms with Crippen molar-refractivity contribution in [1.82, 2.24) is 10.2 Å². The van der Waals surface area contributed by atoms with Gasteiger partial charge < -0.3 is 15.0 Å². The molecule has 0 amide bonds. The lowest BCUT2D eigenvalue weighted by Crippen LogP contribution is -2.43. The number of nitrogens with zero attached hydrogens (tertiary/aromatic N) is 1. The molecular weight excluding hydrogens is 224 g/mol. The Hall–Kier alpha value is -1.06. The predicted octanol–water partition coefficient (Wildman–Crippen LogP) is 2.44. The number of hydrogen-bond donors (Lipinski definition) is 1. The number of benzene rings is 1. The highest BCUT2D eigenvalue weighted by atomic mass is 16.5. The monoisotopic (exact) mass is 248 g/mol. The summed E-state index contributed by atoms with van der Waals surface area (Å²) in [5.74, 6) is 0.983. The minimum absolute atomic E-state index is 0.452. The molecule has 3 nitrogen and oxygen atoms in total. The van der Waals surface area contributed by atoms with Crippen molar-refractivity contribution >= 4 is 0 Å². The van der Waals surface area contributed by atoms with E-state index in [9.17, 15) is 0 Å². The summed E-state index contributed by atoms with van der Waals surface area (Å²) < 4.78 is 5.68. The number of nitrogens with one attached hydrogen (secondary N) is 1. The highest BCUT2D eigenvalue weighted by Crippen LogP contribution is 2.20. The summed E-state index contributed by atoms with van der Waals surface area (Å²) >= 11 is 0. The third kappa shape index (κ3) is 3.72. The van der Waals surface area contributed by atoms with Crippen LogP contribution in [-0.2, 0) is 0 Å². The van der Waals surface area contributed by atoms with E-state index in [0.29, 0.717) is 6.04 Å².